The molecule has 3 aromatic rings. The van der Waals surface area contributed by atoms with Crippen LogP contribution in [0, 0.1) is 6.92 Å². The third kappa shape index (κ3) is 2.61. The first-order chi connectivity index (χ1) is 13.6. The fraction of sp³-hybridized carbons (Fsp3) is 0.381. The topological polar surface area (TPSA) is 82.4 Å². The van der Waals surface area contributed by atoms with Crippen molar-refractivity contribution in [3.63, 3.8) is 0 Å². The third-order valence-corrected chi connectivity index (χ3v) is 6.12. The van der Waals surface area contributed by atoms with Crippen molar-refractivity contribution in [3.8, 4) is 0 Å². The molecule has 4 heterocycles. The Hall–Kier alpha value is -3.09. The number of benzene rings is 1. The van der Waals surface area contributed by atoms with Gasteiger partial charge in [0.15, 0.2) is 12.1 Å². The van der Waals surface area contributed by atoms with E-state index >= 15 is 0 Å². The van der Waals surface area contributed by atoms with Crippen molar-refractivity contribution in [1.29, 1.82) is 0 Å². The number of para-hydroxylation sites is 1. The number of hydrogen-bond acceptors (Lipinski definition) is 4. The SMILES string of the molecule is Cc1ocnc1C(=O)N1CC[C@H]2[C@@H]1CC(=O)N2CCc1c[nH]c2ccccc12. The summed E-state index contributed by atoms with van der Waals surface area (Å²) in [6.07, 6.45) is 5.33. The van der Waals surface area contributed by atoms with E-state index in [-0.39, 0.29) is 23.9 Å². The van der Waals surface area contributed by atoms with Crippen LogP contribution in [-0.4, -0.2) is 56.8 Å². The average Bonchev–Trinajstić information content (AvgIpc) is 3.44. The second-order valence-electron chi connectivity index (χ2n) is 7.58. The predicted molar refractivity (Wildman–Crippen MR) is 103 cm³/mol. The number of hydrogen-bond donors (Lipinski definition) is 1. The minimum atomic E-state index is -0.134. The fourth-order valence-corrected chi connectivity index (χ4v) is 4.70. The zero-order valence-electron chi connectivity index (χ0n) is 15.7. The number of carbonyl (C=O) groups excluding carboxylic acids is 2. The fourth-order valence-electron chi connectivity index (χ4n) is 4.70. The Kier molecular flexibility index (Phi) is 3.96. The van der Waals surface area contributed by atoms with Crippen molar-refractivity contribution in [2.75, 3.05) is 13.1 Å². The van der Waals surface area contributed by atoms with Gasteiger partial charge in [-0.2, -0.15) is 0 Å². The number of carbonyl (C=O) groups is 2. The van der Waals surface area contributed by atoms with Crippen LogP contribution < -0.4 is 0 Å². The van der Waals surface area contributed by atoms with E-state index in [1.807, 2.05) is 23.2 Å². The summed E-state index contributed by atoms with van der Waals surface area (Å²) in [6, 6.07) is 8.22. The van der Waals surface area contributed by atoms with Gasteiger partial charge in [-0.25, -0.2) is 4.98 Å². The third-order valence-electron chi connectivity index (χ3n) is 6.12. The molecule has 0 bridgehead atoms. The van der Waals surface area contributed by atoms with Crippen molar-refractivity contribution in [2.45, 2.75) is 38.3 Å². The van der Waals surface area contributed by atoms with Gasteiger partial charge in [-0.1, -0.05) is 18.2 Å². The number of aromatic amines is 1. The molecule has 7 heteroatoms. The molecule has 2 aromatic heterocycles. The first-order valence-electron chi connectivity index (χ1n) is 9.69. The first-order valence-corrected chi connectivity index (χ1v) is 9.69. The molecule has 7 nitrogen and oxygen atoms in total. The minimum Gasteiger partial charge on any atom is -0.448 e. The lowest BCUT2D eigenvalue weighted by atomic mass is 10.1. The van der Waals surface area contributed by atoms with E-state index in [4.69, 9.17) is 4.42 Å². The van der Waals surface area contributed by atoms with Gasteiger partial charge < -0.3 is 19.2 Å². The number of nitrogens with zero attached hydrogens (tertiary/aromatic N) is 3. The van der Waals surface area contributed by atoms with Crippen LogP contribution in [0.2, 0.25) is 0 Å². The number of fused-ring (bicyclic) bond motifs is 2. The van der Waals surface area contributed by atoms with Crippen LogP contribution in [0.3, 0.4) is 0 Å². The van der Waals surface area contributed by atoms with Crippen LogP contribution in [0.5, 0.6) is 0 Å². The molecule has 0 radical (unpaired) electrons. The maximum Gasteiger partial charge on any atom is 0.276 e. The second kappa shape index (κ2) is 6.51. The highest BCUT2D eigenvalue weighted by Crippen LogP contribution is 2.34. The standard InChI is InChI=1S/C21H22N4O3/c1-13-20(23-12-28-13)21(27)25-9-7-17-18(25)10-19(26)24(17)8-6-14-11-22-16-5-3-2-4-15(14)16/h2-5,11-12,17-18,22H,6-10H2,1H3/t17-,18-/m0/s1. The molecule has 2 atom stereocenters. The molecule has 2 aliphatic rings. The van der Waals surface area contributed by atoms with E-state index < -0.39 is 0 Å². The summed E-state index contributed by atoms with van der Waals surface area (Å²) in [6.45, 7) is 3.06. The zero-order chi connectivity index (χ0) is 19.3. The summed E-state index contributed by atoms with van der Waals surface area (Å²) in [5.74, 6) is 0.517. The largest absolute Gasteiger partial charge is 0.448 e. The Morgan fingerprint density at radius 3 is 3.00 bits per heavy atom. The lowest BCUT2D eigenvalue weighted by Gasteiger charge is -2.25. The van der Waals surface area contributed by atoms with Crippen molar-refractivity contribution in [2.24, 2.45) is 0 Å². The number of likely N-dealkylation sites (tertiary alicyclic amines) is 2. The van der Waals surface area contributed by atoms with Gasteiger partial charge >= 0.3 is 0 Å². The summed E-state index contributed by atoms with van der Waals surface area (Å²) >= 11 is 0. The number of nitrogens with one attached hydrogen (secondary N) is 1. The number of rotatable bonds is 4. The van der Waals surface area contributed by atoms with Gasteiger partial charge in [0.1, 0.15) is 5.76 Å². The molecule has 2 fully saturated rings. The molecule has 2 saturated heterocycles. The predicted octanol–water partition coefficient (Wildman–Crippen LogP) is 2.52. The first kappa shape index (κ1) is 17.0. The molecule has 0 unspecified atom stereocenters. The highest BCUT2D eigenvalue weighted by Gasteiger charge is 2.48. The minimum absolute atomic E-state index is 0.0703. The molecule has 5 rings (SSSR count). The number of aromatic nitrogens is 2. The summed E-state index contributed by atoms with van der Waals surface area (Å²) < 4.78 is 5.17. The number of amides is 2. The van der Waals surface area contributed by atoms with Crippen molar-refractivity contribution in [3.05, 3.63) is 53.9 Å². The molecule has 2 amide bonds. The maximum absolute atomic E-state index is 12.8. The molecule has 1 aromatic carbocycles. The zero-order valence-corrected chi connectivity index (χ0v) is 15.7. The Labute approximate surface area is 162 Å². The maximum atomic E-state index is 12.8. The Balaban J connectivity index is 1.31. The molecule has 2 aliphatic heterocycles. The summed E-state index contributed by atoms with van der Waals surface area (Å²) in [7, 11) is 0. The molecule has 1 N–H and O–H groups in total. The van der Waals surface area contributed by atoms with Gasteiger partial charge in [0, 0.05) is 36.6 Å². The normalized spacial score (nSPS) is 21.7. The smallest absolute Gasteiger partial charge is 0.276 e. The van der Waals surface area contributed by atoms with Gasteiger partial charge in [-0.3, -0.25) is 9.59 Å². The van der Waals surface area contributed by atoms with Crippen molar-refractivity contribution in [1.82, 2.24) is 19.8 Å². The van der Waals surface area contributed by atoms with Crippen LogP contribution in [0.1, 0.15) is 34.7 Å². The summed E-state index contributed by atoms with van der Waals surface area (Å²) in [4.78, 5) is 36.6. The molecule has 28 heavy (non-hydrogen) atoms. The van der Waals surface area contributed by atoms with Gasteiger partial charge in [-0.05, 0) is 31.4 Å². The van der Waals surface area contributed by atoms with E-state index in [0.29, 0.717) is 31.0 Å². The number of oxazole rings is 1. The number of aryl methyl sites for hydroxylation is 1. The number of H-pyrrole nitrogens is 1. The average molecular weight is 378 g/mol. The van der Waals surface area contributed by atoms with Gasteiger partial charge in [0.2, 0.25) is 5.91 Å². The second-order valence-corrected chi connectivity index (χ2v) is 7.58. The summed E-state index contributed by atoms with van der Waals surface area (Å²) in [5, 5.41) is 1.20. The van der Waals surface area contributed by atoms with Crippen molar-refractivity contribution < 1.29 is 14.0 Å². The van der Waals surface area contributed by atoms with Crippen LogP contribution in [0.4, 0.5) is 0 Å². The monoisotopic (exact) mass is 378 g/mol. The van der Waals surface area contributed by atoms with E-state index in [9.17, 15) is 9.59 Å². The van der Waals surface area contributed by atoms with Crippen molar-refractivity contribution >= 4 is 22.7 Å². The van der Waals surface area contributed by atoms with Gasteiger partial charge in [0.05, 0.1) is 12.1 Å². The lowest BCUT2D eigenvalue weighted by molar-refractivity contribution is -0.129. The molecule has 0 saturated carbocycles. The molecular weight excluding hydrogens is 356 g/mol. The molecule has 144 valence electrons. The Bertz CT molecular complexity index is 1050. The van der Waals surface area contributed by atoms with Crippen LogP contribution >= 0.6 is 0 Å². The lowest BCUT2D eigenvalue weighted by Crippen LogP contribution is -2.40. The molecular formula is C21H22N4O3. The quantitative estimate of drug-likeness (QED) is 0.756. The van der Waals surface area contributed by atoms with Crippen LogP contribution in [0.15, 0.2) is 41.3 Å². The molecule has 0 aliphatic carbocycles. The highest BCUT2D eigenvalue weighted by atomic mass is 16.3. The van der Waals surface area contributed by atoms with Gasteiger partial charge in [0.25, 0.3) is 5.91 Å². The van der Waals surface area contributed by atoms with E-state index in [2.05, 4.69) is 22.1 Å². The van der Waals surface area contributed by atoms with Crippen LogP contribution in [0.25, 0.3) is 10.9 Å². The molecule has 0 spiro atoms. The van der Waals surface area contributed by atoms with E-state index in [1.54, 1.807) is 11.8 Å². The Morgan fingerprint density at radius 1 is 1.32 bits per heavy atom. The summed E-state index contributed by atoms with van der Waals surface area (Å²) in [5.41, 5.74) is 2.69. The van der Waals surface area contributed by atoms with Crippen LogP contribution in [-0.2, 0) is 11.2 Å². The van der Waals surface area contributed by atoms with E-state index in [0.717, 1.165) is 18.4 Å². The highest BCUT2D eigenvalue weighted by molar-refractivity contribution is 5.94. The van der Waals surface area contributed by atoms with E-state index in [1.165, 1.54) is 17.3 Å². The Morgan fingerprint density at radius 2 is 2.18 bits per heavy atom. The van der Waals surface area contributed by atoms with Gasteiger partial charge in [-0.15, -0.1) is 0 Å².